The molecule has 1 atom stereocenters. The third kappa shape index (κ3) is 6.43. The minimum atomic E-state index is -0.233. The van der Waals surface area contributed by atoms with Gasteiger partial charge in [0.15, 0.2) is 0 Å². The van der Waals surface area contributed by atoms with Crippen LogP contribution in [-0.2, 0) is 14.3 Å². The van der Waals surface area contributed by atoms with Gasteiger partial charge in [0.05, 0.1) is 26.7 Å². The second-order valence-electron chi connectivity index (χ2n) is 3.38. The quantitative estimate of drug-likeness (QED) is 0.577. The molecule has 0 aliphatic heterocycles. The summed E-state index contributed by atoms with van der Waals surface area (Å²) < 4.78 is 9.55. The summed E-state index contributed by atoms with van der Waals surface area (Å²) >= 11 is 0. The average molecular weight is 219 g/mol. The van der Waals surface area contributed by atoms with Crippen LogP contribution in [0.1, 0.15) is 13.3 Å². The van der Waals surface area contributed by atoms with Gasteiger partial charge in [-0.15, -0.1) is 0 Å². The molecule has 1 unspecified atom stereocenters. The van der Waals surface area contributed by atoms with Crippen molar-refractivity contribution in [3.05, 3.63) is 0 Å². The van der Waals surface area contributed by atoms with E-state index >= 15 is 0 Å². The number of carbonyl (C=O) groups excluding carboxylic acids is 1. The zero-order valence-corrected chi connectivity index (χ0v) is 9.73. The maximum absolute atomic E-state index is 11.1. The molecular weight excluding hydrogens is 198 g/mol. The molecule has 15 heavy (non-hydrogen) atoms. The van der Waals surface area contributed by atoms with E-state index in [4.69, 9.17) is 9.84 Å². The normalized spacial score (nSPS) is 12.9. The van der Waals surface area contributed by atoms with Crippen molar-refractivity contribution in [3.63, 3.8) is 0 Å². The summed E-state index contributed by atoms with van der Waals surface area (Å²) in [5, 5.41) is 8.88. The van der Waals surface area contributed by atoms with E-state index in [9.17, 15) is 4.79 Å². The summed E-state index contributed by atoms with van der Waals surface area (Å²) in [6.07, 6.45) is 0.334. The van der Waals surface area contributed by atoms with E-state index in [2.05, 4.69) is 4.74 Å². The molecule has 5 heteroatoms. The number of hydrogen-bond donors (Lipinski definition) is 1. The largest absolute Gasteiger partial charge is 0.469 e. The fraction of sp³-hybridized carbons (Fsp3) is 0.900. The van der Waals surface area contributed by atoms with Crippen molar-refractivity contribution in [2.75, 3.05) is 40.5 Å². The van der Waals surface area contributed by atoms with Gasteiger partial charge in [-0.1, -0.05) is 0 Å². The van der Waals surface area contributed by atoms with Crippen LogP contribution in [-0.4, -0.2) is 62.5 Å². The summed E-state index contributed by atoms with van der Waals surface area (Å²) in [7, 11) is 3.00. The first-order valence-corrected chi connectivity index (χ1v) is 5.06. The molecule has 0 rings (SSSR count). The summed E-state index contributed by atoms with van der Waals surface area (Å²) in [6.45, 7) is 3.85. The third-order valence-electron chi connectivity index (χ3n) is 2.28. The predicted molar refractivity (Wildman–Crippen MR) is 56.6 cm³/mol. The van der Waals surface area contributed by atoms with Gasteiger partial charge in [0.1, 0.15) is 0 Å². The number of aliphatic hydroxyl groups excluding tert-OH is 1. The van der Waals surface area contributed by atoms with Crippen molar-refractivity contribution in [1.82, 2.24) is 4.90 Å². The third-order valence-corrected chi connectivity index (χ3v) is 2.28. The lowest BCUT2D eigenvalue weighted by Crippen LogP contribution is -2.39. The molecular formula is C10H21NO4. The Labute approximate surface area is 91.0 Å². The SMILES string of the molecule is COCCN(CCO)C(C)CC(=O)OC. The van der Waals surface area contributed by atoms with E-state index in [1.54, 1.807) is 7.11 Å². The first-order chi connectivity index (χ1) is 7.15. The van der Waals surface area contributed by atoms with Gasteiger partial charge in [0, 0.05) is 26.2 Å². The van der Waals surface area contributed by atoms with Gasteiger partial charge in [-0.3, -0.25) is 9.69 Å². The maximum atomic E-state index is 11.1. The van der Waals surface area contributed by atoms with Gasteiger partial charge in [-0.05, 0) is 6.92 Å². The second-order valence-corrected chi connectivity index (χ2v) is 3.38. The monoisotopic (exact) mass is 219 g/mol. The van der Waals surface area contributed by atoms with E-state index in [0.29, 0.717) is 26.1 Å². The van der Waals surface area contributed by atoms with Crippen LogP contribution in [0.4, 0.5) is 0 Å². The minimum Gasteiger partial charge on any atom is -0.469 e. The Morgan fingerprint density at radius 3 is 2.53 bits per heavy atom. The lowest BCUT2D eigenvalue weighted by molar-refractivity contribution is -0.142. The standard InChI is InChI=1S/C10H21NO4/c1-9(8-10(13)15-3)11(4-6-12)5-7-14-2/h9,12H,4-8H2,1-3H3. The smallest absolute Gasteiger partial charge is 0.307 e. The molecule has 0 aromatic heterocycles. The van der Waals surface area contributed by atoms with Crippen LogP contribution in [0.5, 0.6) is 0 Å². The predicted octanol–water partition coefficient (Wildman–Crippen LogP) is -0.121. The maximum Gasteiger partial charge on any atom is 0.307 e. The fourth-order valence-electron chi connectivity index (χ4n) is 1.34. The molecule has 0 aromatic rings. The van der Waals surface area contributed by atoms with Crippen molar-refractivity contribution in [1.29, 1.82) is 0 Å². The Hall–Kier alpha value is -0.650. The molecule has 0 heterocycles. The Morgan fingerprint density at radius 1 is 1.40 bits per heavy atom. The lowest BCUT2D eigenvalue weighted by Gasteiger charge is -2.27. The van der Waals surface area contributed by atoms with Crippen LogP contribution in [0, 0.1) is 0 Å². The molecule has 0 radical (unpaired) electrons. The zero-order chi connectivity index (χ0) is 11.7. The zero-order valence-electron chi connectivity index (χ0n) is 9.73. The van der Waals surface area contributed by atoms with E-state index in [1.807, 2.05) is 11.8 Å². The highest BCUT2D eigenvalue weighted by molar-refractivity contribution is 5.69. The first kappa shape index (κ1) is 14.3. The van der Waals surface area contributed by atoms with Gasteiger partial charge in [0.2, 0.25) is 0 Å². The number of ether oxygens (including phenoxy) is 2. The summed E-state index contributed by atoms with van der Waals surface area (Å²) in [4.78, 5) is 13.1. The molecule has 1 N–H and O–H groups in total. The number of esters is 1. The lowest BCUT2D eigenvalue weighted by atomic mass is 10.2. The van der Waals surface area contributed by atoms with Crippen LogP contribution in [0.25, 0.3) is 0 Å². The topological polar surface area (TPSA) is 59.0 Å². The first-order valence-electron chi connectivity index (χ1n) is 5.06. The molecule has 0 aliphatic carbocycles. The number of hydrogen-bond acceptors (Lipinski definition) is 5. The Balaban J connectivity index is 4.02. The molecule has 0 bridgehead atoms. The van der Waals surface area contributed by atoms with E-state index in [1.165, 1.54) is 7.11 Å². The van der Waals surface area contributed by atoms with Gasteiger partial charge < -0.3 is 14.6 Å². The van der Waals surface area contributed by atoms with Gasteiger partial charge in [-0.25, -0.2) is 0 Å². The van der Waals surface area contributed by atoms with E-state index < -0.39 is 0 Å². The Kier molecular flexibility index (Phi) is 8.27. The molecule has 0 saturated carbocycles. The highest BCUT2D eigenvalue weighted by Gasteiger charge is 2.16. The number of carbonyl (C=O) groups is 1. The average Bonchev–Trinajstić information content (AvgIpc) is 2.23. The molecule has 0 fully saturated rings. The second kappa shape index (κ2) is 8.64. The summed E-state index contributed by atoms with van der Waals surface area (Å²) in [5.41, 5.74) is 0. The van der Waals surface area contributed by atoms with Crippen LogP contribution in [0.3, 0.4) is 0 Å². The highest BCUT2D eigenvalue weighted by atomic mass is 16.5. The van der Waals surface area contributed by atoms with Gasteiger partial charge in [-0.2, -0.15) is 0 Å². The number of rotatable bonds is 8. The summed E-state index contributed by atoms with van der Waals surface area (Å²) in [6, 6.07) is 0.0553. The van der Waals surface area contributed by atoms with E-state index in [-0.39, 0.29) is 18.6 Å². The molecule has 0 aliphatic rings. The van der Waals surface area contributed by atoms with Crippen molar-refractivity contribution < 1.29 is 19.4 Å². The minimum absolute atomic E-state index is 0.0553. The fourth-order valence-corrected chi connectivity index (χ4v) is 1.34. The Bertz CT molecular complexity index is 175. The van der Waals surface area contributed by atoms with Gasteiger partial charge in [0.25, 0.3) is 0 Å². The molecule has 90 valence electrons. The van der Waals surface area contributed by atoms with Crippen molar-refractivity contribution in [2.24, 2.45) is 0 Å². The molecule has 5 nitrogen and oxygen atoms in total. The summed E-state index contributed by atoms with van der Waals surface area (Å²) in [5.74, 6) is -0.233. The molecule has 0 saturated heterocycles. The van der Waals surface area contributed by atoms with Crippen molar-refractivity contribution in [3.8, 4) is 0 Å². The van der Waals surface area contributed by atoms with Crippen LogP contribution in [0.2, 0.25) is 0 Å². The number of aliphatic hydroxyl groups is 1. The van der Waals surface area contributed by atoms with Gasteiger partial charge >= 0.3 is 5.97 Å². The van der Waals surface area contributed by atoms with Crippen LogP contribution in [0.15, 0.2) is 0 Å². The van der Waals surface area contributed by atoms with E-state index in [0.717, 1.165) is 0 Å². The number of nitrogens with zero attached hydrogens (tertiary/aromatic N) is 1. The van der Waals surface area contributed by atoms with Crippen molar-refractivity contribution >= 4 is 5.97 Å². The number of methoxy groups -OCH3 is 2. The molecule has 0 aromatic carbocycles. The van der Waals surface area contributed by atoms with Crippen molar-refractivity contribution in [2.45, 2.75) is 19.4 Å². The molecule has 0 amide bonds. The Morgan fingerprint density at radius 2 is 2.07 bits per heavy atom. The van der Waals surface area contributed by atoms with Crippen LogP contribution >= 0.6 is 0 Å². The highest BCUT2D eigenvalue weighted by Crippen LogP contribution is 2.04. The molecule has 0 spiro atoms. The van der Waals surface area contributed by atoms with Crippen LogP contribution < -0.4 is 0 Å².